The van der Waals surface area contributed by atoms with E-state index in [1.165, 1.54) is 6.33 Å². The fourth-order valence-corrected chi connectivity index (χ4v) is 2.47. The fourth-order valence-electron chi connectivity index (χ4n) is 2.47. The van der Waals surface area contributed by atoms with Gasteiger partial charge in [0.15, 0.2) is 17.0 Å². The molecule has 0 saturated carbocycles. The third kappa shape index (κ3) is 4.86. The van der Waals surface area contributed by atoms with Crippen LogP contribution in [0.2, 0.25) is 0 Å². The molecule has 0 aliphatic heterocycles. The molecule has 2 aromatic heterocycles. The first kappa shape index (κ1) is 18.6. The summed E-state index contributed by atoms with van der Waals surface area (Å²) >= 11 is 0. The van der Waals surface area contributed by atoms with Gasteiger partial charge >= 0.3 is 0 Å². The van der Waals surface area contributed by atoms with E-state index in [1.807, 2.05) is 7.05 Å². The fraction of sp³-hybridized carbons (Fsp3) is 0.533. The van der Waals surface area contributed by atoms with E-state index in [1.54, 1.807) is 10.9 Å². The largest absolute Gasteiger partial charge is 0.318 e. The number of amides is 2. The first-order chi connectivity index (χ1) is 12.1. The Kier molecular flexibility index (Phi) is 6.63. The van der Waals surface area contributed by atoms with Crippen molar-refractivity contribution in [3.63, 3.8) is 0 Å². The predicted octanol–water partition coefficient (Wildman–Crippen LogP) is 0.851. The first-order valence-corrected chi connectivity index (χ1v) is 8.15. The number of nitrogens with zero attached hydrogens (tertiary/aromatic N) is 5. The second-order valence-electron chi connectivity index (χ2n) is 5.78. The summed E-state index contributed by atoms with van der Waals surface area (Å²) in [6.07, 6.45) is 6.66. The molecule has 2 heterocycles. The standard InChI is InChI=1S/C15H23N7O3/c1-3-4-5-6-11(7-22(25)10-23)15(24)20-19-13-12-14(17-8-16-13)21(2)9-18-12/h8-11,25H,3-7H2,1-2H3,(H,20,24)(H,16,17,19)/t11-/m1/s1. The Bertz CT molecular complexity index is 718. The van der Waals surface area contributed by atoms with E-state index >= 15 is 0 Å². The van der Waals surface area contributed by atoms with Crippen molar-refractivity contribution >= 4 is 29.3 Å². The van der Waals surface area contributed by atoms with Crippen molar-refractivity contribution < 1.29 is 14.8 Å². The van der Waals surface area contributed by atoms with Gasteiger partial charge in [-0.3, -0.25) is 25.6 Å². The Morgan fingerprint density at radius 3 is 2.92 bits per heavy atom. The van der Waals surface area contributed by atoms with Crippen molar-refractivity contribution in [2.45, 2.75) is 32.6 Å². The molecule has 10 heteroatoms. The minimum absolute atomic E-state index is 0.0660. The molecule has 1 atom stereocenters. The van der Waals surface area contributed by atoms with E-state index in [0.29, 0.717) is 28.5 Å². The summed E-state index contributed by atoms with van der Waals surface area (Å²) in [4.78, 5) is 35.4. The van der Waals surface area contributed by atoms with Gasteiger partial charge in [-0.25, -0.2) is 20.0 Å². The number of rotatable bonds is 10. The van der Waals surface area contributed by atoms with Crippen molar-refractivity contribution in [2.24, 2.45) is 13.0 Å². The van der Waals surface area contributed by atoms with Gasteiger partial charge in [0, 0.05) is 7.05 Å². The lowest BCUT2D eigenvalue weighted by Gasteiger charge is -2.19. The lowest BCUT2D eigenvalue weighted by molar-refractivity contribution is -0.154. The quantitative estimate of drug-likeness (QED) is 0.251. The summed E-state index contributed by atoms with van der Waals surface area (Å²) in [6.45, 7) is 2.00. The molecule has 25 heavy (non-hydrogen) atoms. The molecule has 2 amide bonds. The molecule has 136 valence electrons. The number of aryl methyl sites for hydroxylation is 1. The van der Waals surface area contributed by atoms with Crippen LogP contribution in [0, 0.1) is 5.92 Å². The van der Waals surface area contributed by atoms with Crippen LogP contribution in [0.4, 0.5) is 5.82 Å². The zero-order valence-corrected chi connectivity index (χ0v) is 14.3. The van der Waals surface area contributed by atoms with Crippen molar-refractivity contribution in [1.29, 1.82) is 0 Å². The molecule has 3 N–H and O–H groups in total. The average Bonchev–Trinajstić information content (AvgIpc) is 3.00. The number of hydrazine groups is 1. The van der Waals surface area contributed by atoms with Crippen LogP contribution in [-0.2, 0) is 16.6 Å². The number of hydrogen-bond acceptors (Lipinski definition) is 7. The molecule has 0 spiro atoms. The van der Waals surface area contributed by atoms with Crippen LogP contribution in [0.5, 0.6) is 0 Å². The maximum atomic E-state index is 12.4. The molecule has 0 radical (unpaired) electrons. The number of carbonyl (C=O) groups excluding carboxylic acids is 2. The molecule has 0 fully saturated rings. The highest BCUT2D eigenvalue weighted by Crippen LogP contribution is 2.16. The van der Waals surface area contributed by atoms with Crippen molar-refractivity contribution in [3.8, 4) is 0 Å². The predicted molar refractivity (Wildman–Crippen MR) is 90.3 cm³/mol. The molecule has 0 aliphatic carbocycles. The van der Waals surface area contributed by atoms with E-state index in [2.05, 4.69) is 32.7 Å². The number of hydroxylamine groups is 2. The zero-order valence-electron chi connectivity index (χ0n) is 14.3. The number of hydrogen-bond donors (Lipinski definition) is 3. The smallest absolute Gasteiger partial charge is 0.243 e. The minimum atomic E-state index is -0.532. The van der Waals surface area contributed by atoms with Crippen LogP contribution in [0.1, 0.15) is 32.6 Å². The SMILES string of the molecule is CCCCC[C@H](CN(O)C=O)C(=O)NNc1ncnc2c1ncn2C. The van der Waals surface area contributed by atoms with Gasteiger partial charge in [-0.1, -0.05) is 26.2 Å². The molecule has 0 unspecified atom stereocenters. The van der Waals surface area contributed by atoms with Crippen LogP contribution in [0.3, 0.4) is 0 Å². The van der Waals surface area contributed by atoms with Gasteiger partial charge in [-0.05, 0) is 6.42 Å². The summed E-state index contributed by atoms with van der Waals surface area (Å²) in [6, 6.07) is 0. The maximum Gasteiger partial charge on any atom is 0.243 e. The van der Waals surface area contributed by atoms with E-state index < -0.39 is 5.92 Å². The third-order valence-corrected chi connectivity index (χ3v) is 3.86. The second-order valence-corrected chi connectivity index (χ2v) is 5.78. The Morgan fingerprint density at radius 1 is 1.40 bits per heavy atom. The molecule has 0 bridgehead atoms. The number of anilines is 1. The highest BCUT2D eigenvalue weighted by molar-refractivity contribution is 5.85. The van der Waals surface area contributed by atoms with Gasteiger partial charge in [0.05, 0.1) is 18.8 Å². The maximum absolute atomic E-state index is 12.4. The molecular weight excluding hydrogens is 326 g/mol. The van der Waals surface area contributed by atoms with Gasteiger partial charge in [0.1, 0.15) is 6.33 Å². The van der Waals surface area contributed by atoms with E-state index in [4.69, 9.17) is 0 Å². The monoisotopic (exact) mass is 349 g/mol. The van der Waals surface area contributed by atoms with Crippen LogP contribution in [0.15, 0.2) is 12.7 Å². The Balaban J connectivity index is 2.02. The molecule has 2 rings (SSSR count). The number of nitrogens with one attached hydrogen (secondary N) is 2. The van der Waals surface area contributed by atoms with Crippen LogP contribution < -0.4 is 10.9 Å². The third-order valence-electron chi connectivity index (χ3n) is 3.86. The van der Waals surface area contributed by atoms with E-state index in [-0.39, 0.29) is 18.9 Å². The molecule has 0 aromatic carbocycles. The summed E-state index contributed by atoms with van der Waals surface area (Å²) < 4.78 is 1.74. The lowest BCUT2D eigenvalue weighted by atomic mass is 10.0. The molecule has 2 aromatic rings. The number of unbranched alkanes of at least 4 members (excludes halogenated alkanes) is 2. The normalized spacial score (nSPS) is 12.0. The highest BCUT2D eigenvalue weighted by atomic mass is 16.5. The van der Waals surface area contributed by atoms with Gasteiger partial charge in [-0.2, -0.15) is 0 Å². The summed E-state index contributed by atoms with van der Waals surface area (Å²) in [5, 5.41) is 9.88. The zero-order chi connectivity index (χ0) is 18.2. The Morgan fingerprint density at radius 2 is 2.20 bits per heavy atom. The van der Waals surface area contributed by atoms with Gasteiger partial charge in [0.25, 0.3) is 0 Å². The number of carbonyl (C=O) groups is 2. The topological polar surface area (TPSA) is 125 Å². The number of aromatic nitrogens is 4. The lowest BCUT2D eigenvalue weighted by Crippen LogP contribution is -2.40. The Labute approximate surface area is 145 Å². The molecular formula is C15H23N7O3. The summed E-state index contributed by atoms with van der Waals surface area (Å²) in [7, 11) is 1.81. The highest BCUT2D eigenvalue weighted by Gasteiger charge is 2.21. The number of fused-ring (bicyclic) bond motifs is 1. The first-order valence-electron chi connectivity index (χ1n) is 8.15. The molecule has 10 nitrogen and oxygen atoms in total. The molecule has 0 saturated heterocycles. The molecule has 0 aliphatic rings. The van der Waals surface area contributed by atoms with Crippen molar-refractivity contribution in [1.82, 2.24) is 30.0 Å². The Hall–Kier alpha value is -2.75. The summed E-state index contributed by atoms with van der Waals surface area (Å²) in [5.41, 5.74) is 6.49. The van der Waals surface area contributed by atoms with E-state index in [0.717, 1.165) is 19.3 Å². The average molecular weight is 349 g/mol. The van der Waals surface area contributed by atoms with Gasteiger partial charge < -0.3 is 4.57 Å². The van der Waals surface area contributed by atoms with Crippen molar-refractivity contribution in [2.75, 3.05) is 12.0 Å². The van der Waals surface area contributed by atoms with Gasteiger partial charge in [-0.15, -0.1) is 0 Å². The van der Waals surface area contributed by atoms with Crippen LogP contribution >= 0.6 is 0 Å². The van der Waals surface area contributed by atoms with Crippen LogP contribution in [0.25, 0.3) is 11.2 Å². The van der Waals surface area contributed by atoms with Crippen LogP contribution in [-0.4, -0.2) is 48.7 Å². The summed E-state index contributed by atoms with van der Waals surface area (Å²) in [5.74, 6) is -0.488. The second kappa shape index (κ2) is 8.92. The van der Waals surface area contributed by atoms with E-state index in [9.17, 15) is 14.8 Å². The van der Waals surface area contributed by atoms with Crippen molar-refractivity contribution in [3.05, 3.63) is 12.7 Å². The van der Waals surface area contributed by atoms with Gasteiger partial charge in [0.2, 0.25) is 12.3 Å². The minimum Gasteiger partial charge on any atom is -0.318 e. The number of imidazole rings is 1.